The Labute approximate surface area is 117 Å². The standard InChI is InChI=1S/C13H20N4O3/c1-13(2,3)6-8(12(19)20)7-17-11-9(10(14)18)15-4-5-16-11/h4-5,8H,6-7H2,1-3H3,(H2,14,18)(H,16,17)(H,19,20). The maximum absolute atomic E-state index is 11.2. The largest absolute Gasteiger partial charge is 0.481 e. The maximum atomic E-state index is 11.2. The Morgan fingerprint density at radius 3 is 2.45 bits per heavy atom. The Morgan fingerprint density at radius 1 is 1.35 bits per heavy atom. The molecule has 1 heterocycles. The average Bonchev–Trinajstić information content (AvgIpc) is 2.33. The Balaban J connectivity index is 2.78. The molecule has 1 atom stereocenters. The fourth-order valence-corrected chi connectivity index (χ4v) is 1.85. The first-order chi connectivity index (χ1) is 9.20. The molecule has 0 aliphatic carbocycles. The second kappa shape index (κ2) is 6.31. The summed E-state index contributed by atoms with van der Waals surface area (Å²) in [5.74, 6) is -1.97. The summed E-state index contributed by atoms with van der Waals surface area (Å²) in [5.41, 5.74) is 5.08. The lowest BCUT2D eigenvalue weighted by Gasteiger charge is -2.23. The van der Waals surface area contributed by atoms with Crippen molar-refractivity contribution in [1.82, 2.24) is 9.97 Å². The Morgan fingerprint density at radius 2 is 1.95 bits per heavy atom. The van der Waals surface area contributed by atoms with Gasteiger partial charge in [0, 0.05) is 18.9 Å². The van der Waals surface area contributed by atoms with Gasteiger partial charge in [-0.1, -0.05) is 20.8 Å². The molecule has 110 valence electrons. The van der Waals surface area contributed by atoms with Crippen molar-refractivity contribution in [3.8, 4) is 0 Å². The topological polar surface area (TPSA) is 118 Å². The molecule has 0 aliphatic heterocycles. The van der Waals surface area contributed by atoms with Crippen molar-refractivity contribution in [3.05, 3.63) is 18.1 Å². The summed E-state index contributed by atoms with van der Waals surface area (Å²) in [5, 5.41) is 12.1. The third-order valence-corrected chi connectivity index (χ3v) is 2.66. The highest BCUT2D eigenvalue weighted by atomic mass is 16.4. The predicted molar refractivity (Wildman–Crippen MR) is 74.2 cm³/mol. The zero-order chi connectivity index (χ0) is 15.3. The van der Waals surface area contributed by atoms with E-state index in [0.717, 1.165) is 0 Å². The van der Waals surface area contributed by atoms with Crippen molar-refractivity contribution in [3.63, 3.8) is 0 Å². The minimum Gasteiger partial charge on any atom is -0.481 e. The van der Waals surface area contributed by atoms with E-state index in [9.17, 15) is 14.7 Å². The molecule has 1 aromatic rings. The summed E-state index contributed by atoms with van der Waals surface area (Å²) in [6, 6.07) is 0. The van der Waals surface area contributed by atoms with Crippen LogP contribution in [0.3, 0.4) is 0 Å². The van der Waals surface area contributed by atoms with E-state index >= 15 is 0 Å². The molecule has 0 aromatic carbocycles. The normalized spacial score (nSPS) is 12.8. The van der Waals surface area contributed by atoms with Crippen LogP contribution in [0.25, 0.3) is 0 Å². The number of rotatable bonds is 6. The summed E-state index contributed by atoms with van der Waals surface area (Å²) in [7, 11) is 0. The lowest BCUT2D eigenvalue weighted by atomic mass is 9.84. The lowest BCUT2D eigenvalue weighted by Crippen LogP contribution is -2.28. The maximum Gasteiger partial charge on any atom is 0.308 e. The highest BCUT2D eigenvalue weighted by molar-refractivity contribution is 5.95. The highest BCUT2D eigenvalue weighted by Gasteiger charge is 2.25. The molecule has 0 radical (unpaired) electrons. The second-order valence-corrected chi connectivity index (χ2v) is 5.80. The molecule has 1 amide bonds. The fourth-order valence-electron chi connectivity index (χ4n) is 1.85. The molecular formula is C13H20N4O3. The molecule has 0 fully saturated rings. The number of nitrogens with zero attached hydrogens (tertiary/aromatic N) is 2. The number of carboxylic acids is 1. The number of nitrogens with one attached hydrogen (secondary N) is 1. The number of aliphatic carboxylic acids is 1. The van der Waals surface area contributed by atoms with Crippen LogP contribution in [0.4, 0.5) is 5.82 Å². The van der Waals surface area contributed by atoms with Gasteiger partial charge in [-0.3, -0.25) is 9.59 Å². The molecule has 0 saturated heterocycles. The van der Waals surface area contributed by atoms with Crippen LogP contribution in [0.5, 0.6) is 0 Å². The smallest absolute Gasteiger partial charge is 0.308 e. The van der Waals surface area contributed by atoms with Crippen molar-refractivity contribution in [2.24, 2.45) is 17.1 Å². The monoisotopic (exact) mass is 280 g/mol. The van der Waals surface area contributed by atoms with Gasteiger partial charge >= 0.3 is 5.97 Å². The van der Waals surface area contributed by atoms with Gasteiger partial charge in [0.25, 0.3) is 5.91 Å². The van der Waals surface area contributed by atoms with Crippen molar-refractivity contribution in [2.45, 2.75) is 27.2 Å². The molecule has 7 heteroatoms. The van der Waals surface area contributed by atoms with Gasteiger partial charge in [0.1, 0.15) is 0 Å². The number of amides is 1. The first-order valence-electron chi connectivity index (χ1n) is 6.28. The lowest BCUT2D eigenvalue weighted by molar-refractivity contribution is -0.142. The molecule has 0 saturated carbocycles. The van der Waals surface area contributed by atoms with Crippen LogP contribution >= 0.6 is 0 Å². The van der Waals surface area contributed by atoms with Crippen molar-refractivity contribution < 1.29 is 14.7 Å². The van der Waals surface area contributed by atoms with E-state index in [1.54, 1.807) is 0 Å². The SMILES string of the molecule is CC(C)(C)CC(CNc1nccnc1C(N)=O)C(=O)O. The number of hydrogen-bond acceptors (Lipinski definition) is 5. The first kappa shape index (κ1) is 15.9. The van der Waals surface area contributed by atoms with Gasteiger partial charge in [-0.15, -0.1) is 0 Å². The summed E-state index contributed by atoms with van der Waals surface area (Å²) < 4.78 is 0. The summed E-state index contributed by atoms with van der Waals surface area (Å²) in [6.45, 7) is 6.08. The predicted octanol–water partition coefficient (Wildman–Crippen LogP) is 1.12. The Hall–Kier alpha value is -2.18. The van der Waals surface area contributed by atoms with E-state index in [1.165, 1.54) is 12.4 Å². The fraction of sp³-hybridized carbons (Fsp3) is 0.538. The quantitative estimate of drug-likeness (QED) is 0.718. The number of anilines is 1. The molecule has 1 aromatic heterocycles. The van der Waals surface area contributed by atoms with E-state index in [4.69, 9.17) is 5.73 Å². The number of aromatic nitrogens is 2. The van der Waals surface area contributed by atoms with Crippen LogP contribution in [0.1, 0.15) is 37.7 Å². The van der Waals surface area contributed by atoms with Gasteiger partial charge in [-0.05, 0) is 11.8 Å². The van der Waals surface area contributed by atoms with Crippen LogP contribution in [0, 0.1) is 11.3 Å². The first-order valence-corrected chi connectivity index (χ1v) is 6.28. The van der Waals surface area contributed by atoms with E-state index in [0.29, 0.717) is 6.42 Å². The third-order valence-electron chi connectivity index (χ3n) is 2.66. The van der Waals surface area contributed by atoms with Gasteiger partial charge in [-0.2, -0.15) is 0 Å². The van der Waals surface area contributed by atoms with Gasteiger partial charge in [0.05, 0.1) is 5.92 Å². The Bertz CT molecular complexity index is 497. The third kappa shape index (κ3) is 4.83. The van der Waals surface area contributed by atoms with Gasteiger partial charge in [0.15, 0.2) is 11.5 Å². The molecule has 7 nitrogen and oxygen atoms in total. The average molecular weight is 280 g/mol. The van der Waals surface area contributed by atoms with Crippen LogP contribution in [-0.4, -0.2) is 33.5 Å². The summed E-state index contributed by atoms with van der Waals surface area (Å²) >= 11 is 0. The van der Waals surface area contributed by atoms with E-state index < -0.39 is 17.8 Å². The second-order valence-electron chi connectivity index (χ2n) is 5.80. The van der Waals surface area contributed by atoms with Crippen molar-refractivity contribution in [1.29, 1.82) is 0 Å². The number of primary amides is 1. The number of carbonyl (C=O) groups excluding carboxylic acids is 1. The van der Waals surface area contributed by atoms with Crippen LogP contribution < -0.4 is 11.1 Å². The number of carboxylic acid groups (broad SMARTS) is 1. The summed E-state index contributed by atoms with van der Waals surface area (Å²) in [4.78, 5) is 30.2. The van der Waals surface area contributed by atoms with E-state index in [2.05, 4.69) is 15.3 Å². The minimum absolute atomic E-state index is 0.00685. The Kier molecular flexibility index (Phi) is 5.01. The van der Waals surface area contributed by atoms with Crippen LogP contribution in [-0.2, 0) is 4.79 Å². The highest BCUT2D eigenvalue weighted by Crippen LogP contribution is 2.25. The van der Waals surface area contributed by atoms with Gasteiger partial charge in [0.2, 0.25) is 0 Å². The molecule has 0 aliphatic rings. The minimum atomic E-state index is -0.892. The zero-order valence-electron chi connectivity index (χ0n) is 11.9. The van der Waals surface area contributed by atoms with Crippen molar-refractivity contribution in [2.75, 3.05) is 11.9 Å². The number of nitrogens with two attached hydrogens (primary N) is 1. The summed E-state index contributed by atoms with van der Waals surface area (Å²) in [6.07, 6.45) is 3.27. The number of carbonyl (C=O) groups is 2. The molecule has 4 N–H and O–H groups in total. The van der Waals surface area contributed by atoms with Crippen LogP contribution in [0.2, 0.25) is 0 Å². The van der Waals surface area contributed by atoms with Gasteiger partial charge in [-0.25, -0.2) is 9.97 Å². The molecule has 0 spiro atoms. The molecule has 1 unspecified atom stereocenters. The van der Waals surface area contributed by atoms with E-state index in [1.807, 2.05) is 20.8 Å². The van der Waals surface area contributed by atoms with Gasteiger partial charge < -0.3 is 16.2 Å². The van der Waals surface area contributed by atoms with E-state index in [-0.39, 0.29) is 23.5 Å². The molecule has 0 bridgehead atoms. The number of hydrogen-bond donors (Lipinski definition) is 3. The van der Waals surface area contributed by atoms with Crippen molar-refractivity contribution >= 4 is 17.7 Å². The molecule has 1 rings (SSSR count). The molecular weight excluding hydrogens is 260 g/mol. The zero-order valence-corrected chi connectivity index (χ0v) is 11.9. The molecule has 20 heavy (non-hydrogen) atoms. The van der Waals surface area contributed by atoms with Crippen LogP contribution in [0.15, 0.2) is 12.4 Å².